The van der Waals surface area contributed by atoms with Crippen LogP contribution in [0, 0.1) is 0 Å². The summed E-state index contributed by atoms with van der Waals surface area (Å²) in [6.45, 7) is 0. The van der Waals surface area contributed by atoms with Gasteiger partial charge in [-0.25, -0.2) is 0 Å². The molecule has 1 aromatic heterocycles. The van der Waals surface area contributed by atoms with Crippen molar-refractivity contribution in [1.82, 2.24) is 0 Å². The van der Waals surface area contributed by atoms with Crippen LogP contribution in [0.3, 0.4) is 0 Å². The smallest absolute Gasteiger partial charge is 0.135 e. The maximum absolute atomic E-state index is 6.08. The molecule has 1 aromatic carbocycles. The summed E-state index contributed by atoms with van der Waals surface area (Å²) < 4.78 is 7.16. The van der Waals surface area contributed by atoms with Gasteiger partial charge in [0.2, 0.25) is 0 Å². The molecule has 1 aliphatic rings. The number of rotatable bonds is 3. The Balaban J connectivity index is 1.83. The SMILES string of the molecule is COc1cc(NC2CCc3sc(Cl)cc32)ccc1Br. The average Bonchev–Trinajstić information content (AvgIpc) is 2.92. The first-order chi connectivity index (χ1) is 9.17. The summed E-state index contributed by atoms with van der Waals surface area (Å²) in [5.41, 5.74) is 2.41. The van der Waals surface area contributed by atoms with Gasteiger partial charge in [-0.1, -0.05) is 11.6 Å². The molecule has 1 heterocycles. The van der Waals surface area contributed by atoms with Gasteiger partial charge in [-0.15, -0.1) is 11.3 Å². The molecule has 0 fully saturated rings. The Hall–Kier alpha value is -0.710. The van der Waals surface area contributed by atoms with Gasteiger partial charge < -0.3 is 10.1 Å². The molecule has 1 atom stereocenters. The van der Waals surface area contributed by atoms with E-state index in [0.717, 1.165) is 33.1 Å². The number of halogens is 2. The van der Waals surface area contributed by atoms with Gasteiger partial charge >= 0.3 is 0 Å². The first-order valence-corrected chi connectivity index (χ1v) is 8.04. The highest BCUT2D eigenvalue weighted by atomic mass is 79.9. The van der Waals surface area contributed by atoms with E-state index < -0.39 is 0 Å². The maximum atomic E-state index is 6.08. The number of benzene rings is 1. The largest absolute Gasteiger partial charge is 0.495 e. The predicted octanol–water partition coefficient (Wildman–Crippen LogP) is 5.27. The summed E-state index contributed by atoms with van der Waals surface area (Å²) in [6.07, 6.45) is 2.23. The van der Waals surface area contributed by atoms with E-state index >= 15 is 0 Å². The van der Waals surface area contributed by atoms with Crippen molar-refractivity contribution < 1.29 is 4.74 Å². The highest BCUT2D eigenvalue weighted by molar-refractivity contribution is 9.10. The van der Waals surface area contributed by atoms with Crippen molar-refractivity contribution in [1.29, 1.82) is 0 Å². The van der Waals surface area contributed by atoms with Gasteiger partial charge in [-0.05, 0) is 52.5 Å². The van der Waals surface area contributed by atoms with Gasteiger partial charge in [0.1, 0.15) is 5.75 Å². The molecule has 0 spiro atoms. The fourth-order valence-electron chi connectivity index (χ4n) is 2.43. The van der Waals surface area contributed by atoms with Crippen molar-refractivity contribution >= 4 is 44.6 Å². The fourth-order valence-corrected chi connectivity index (χ4v) is 4.20. The summed E-state index contributed by atoms with van der Waals surface area (Å²) in [5.74, 6) is 0.839. The minimum Gasteiger partial charge on any atom is -0.495 e. The topological polar surface area (TPSA) is 21.3 Å². The molecule has 3 rings (SSSR count). The Morgan fingerprint density at radius 2 is 2.26 bits per heavy atom. The molecule has 0 bridgehead atoms. The zero-order valence-electron chi connectivity index (χ0n) is 10.4. The van der Waals surface area contributed by atoms with Crippen LogP contribution >= 0.6 is 38.9 Å². The molecule has 1 N–H and O–H groups in total. The molecule has 5 heteroatoms. The minimum atomic E-state index is 0.352. The zero-order valence-corrected chi connectivity index (χ0v) is 13.5. The third kappa shape index (κ3) is 2.62. The summed E-state index contributed by atoms with van der Waals surface area (Å²) in [5, 5.41) is 3.56. The van der Waals surface area contributed by atoms with Crippen molar-refractivity contribution in [3.8, 4) is 5.75 Å². The van der Waals surface area contributed by atoms with Crippen LogP contribution in [0.4, 0.5) is 5.69 Å². The van der Waals surface area contributed by atoms with E-state index in [-0.39, 0.29) is 0 Å². The number of methoxy groups -OCH3 is 1. The van der Waals surface area contributed by atoms with Crippen LogP contribution in [0.25, 0.3) is 0 Å². The monoisotopic (exact) mass is 357 g/mol. The number of aryl methyl sites for hydroxylation is 1. The lowest BCUT2D eigenvalue weighted by Gasteiger charge is -2.15. The molecule has 1 aliphatic carbocycles. The number of ether oxygens (including phenoxy) is 1. The van der Waals surface area contributed by atoms with Crippen LogP contribution in [0.1, 0.15) is 22.9 Å². The molecule has 0 saturated heterocycles. The van der Waals surface area contributed by atoms with Crippen LogP contribution in [0.5, 0.6) is 5.75 Å². The van der Waals surface area contributed by atoms with E-state index in [4.69, 9.17) is 16.3 Å². The van der Waals surface area contributed by atoms with Crippen molar-refractivity contribution in [2.45, 2.75) is 18.9 Å². The van der Waals surface area contributed by atoms with Crippen molar-refractivity contribution in [2.24, 2.45) is 0 Å². The second-order valence-electron chi connectivity index (χ2n) is 4.51. The number of fused-ring (bicyclic) bond motifs is 1. The zero-order chi connectivity index (χ0) is 13.4. The van der Waals surface area contributed by atoms with Crippen molar-refractivity contribution in [3.63, 3.8) is 0 Å². The van der Waals surface area contributed by atoms with Crippen LogP contribution < -0.4 is 10.1 Å². The second kappa shape index (κ2) is 5.35. The predicted molar refractivity (Wildman–Crippen MR) is 84.7 cm³/mol. The summed E-state index contributed by atoms with van der Waals surface area (Å²) in [6, 6.07) is 8.50. The average molecular weight is 359 g/mol. The minimum absolute atomic E-state index is 0.352. The highest BCUT2D eigenvalue weighted by Gasteiger charge is 2.25. The fraction of sp³-hybridized carbons (Fsp3) is 0.286. The van der Waals surface area contributed by atoms with E-state index in [9.17, 15) is 0 Å². The van der Waals surface area contributed by atoms with Gasteiger partial charge in [0.25, 0.3) is 0 Å². The second-order valence-corrected chi connectivity index (χ2v) is 7.14. The molecule has 19 heavy (non-hydrogen) atoms. The number of anilines is 1. The third-order valence-corrected chi connectivity index (χ3v) is 5.33. The standard InChI is InChI=1S/C14H13BrClNOS/c1-18-12-6-8(2-3-10(12)15)17-11-4-5-13-9(11)7-14(16)19-13/h2-3,6-7,11,17H,4-5H2,1H3. The lowest BCUT2D eigenvalue weighted by Crippen LogP contribution is -2.06. The van der Waals surface area contributed by atoms with Crippen LogP contribution in [0.15, 0.2) is 28.7 Å². The van der Waals surface area contributed by atoms with Crippen molar-refractivity contribution in [2.75, 3.05) is 12.4 Å². The van der Waals surface area contributed by atoms with E-state index in [2.05, 4.69) is 33.4 Å². The normalized spacial score (nSPS) is 17.3. The first kappa shape index (κ1) is 13.3. The van der Waals surface area contributed by atoms with Gasteiger partial charge in [0.05, 0.1) is 22.0 Å². The molecular weight excluding hydrogens is 346 g/mol. The molecule has 0 radical (unpaired) electrons. The highest BCUT2D eigenvalue weighted by Crippen LogP contribution is 2.41. The van der Waals surface area contributed by atoms with E-state index in [1.807, 2.05) is 12.1 Å². The van der Waals surface area contributed by atoms with Crippen LogP contribution in [-0.4, -0.2) is 7.11 Å². The molecule has 2 aromatic rings. The van der Waals surface area contributed by atoms with Crippen molar-refractivity contribution in [3.05, 3.63) is 43.5 Å². The van der Waals surface area contributed by atoms with Gasteiger partial charge in [0, 0.05) is 16.6 Å². The quantitative estimate of drug-likeness (QED) is 0.807. The Morgan fingerprint density at radius 1 is 1.42 bits per heavy atom. The number of thiophene rings is 1. The first-order valence-electron chi connectivity index (χ1n) is 6.05. The summed E-state index contributed by atoms with van der Waals surface area (Å²) in [4.78, 5) is 1.41. The third-order valence-electron chi connectivity index (χ3n) is 3.34. The molecule has 100 valence electrons. The molecular formula is C14H13BrClNOS. The number of nitrogens with one attached hydrogen (secondary N) is 1. The molecule has 0 saturated carbocycles. The Kier molecular flexibility index (Phi) is 3.74. The number of hydrogen-bond donors (Lipinski definition) is 1. The van der Waals surface area contributed by atoms with Gasteiger partial charge in [-0.3, -0.25) is 0 Å². The molecule has 0 aliphatic heterocycles. The molecule has 1 unspecified atom stereocenters. The van der Waals surface area contributed by atoms with E-state index in [1.165, 1.54) is 10.4 Å². The molecule has 0 amide bonds. The summed E-state index contributed by atoms with van der Waals surface area (Å²) >= 11 is 11.2. The van der Waals surface area contributed by atoms with Gasteiger partial charge in [-0.2, -0.15) is 0 Å². The van der Waals surface area contributed by atoms with E-state index in [0.29, 0.717) is 6.04 Å². The Labute approximate surface area is 129 Å². The maximum Gasteiger partial charge on any atom is 0.135 e. The molecule has 2 nitrogen and oxygen atoms in total. The lowest BCUT2D eigenvalue weighted by molar-refractivity contribution is 0.412. The number of hydrogen-bond acceptors (Lipinski definition) is 3. The van der Waals surface area contributed by atoms with Crippen LogP contribution in [-0.2, 0) is 6.42 Å². The Morgan fingerprint density at radius 3 is 3.05 bits per heavy atom. The van der Waals surface area contributed by atoms with Gasteiger partial charge in [0.15, 0.2) is 0 Å². The lowest BCUT2D eigenvalue weighted by atomic mass is 10.1. The van der Waals surface area contributed by atoms with Crippen LogP contribution in [0.2, 0.25) is 4.34 Å². The summed E-state index contributed by atoms with van der Waals surface area (Å²) in [7, 11) is 1.68. The van der Waals surface area contributed by atoms with E-state index in [1.54, 1.807) is 18.4 Å². The Bertz CT molecular complexity index is 613.